The Morgan fingerprint density at radius 2 is 1.75 bits per heavy atom. The molecule has 0 aliphatic carbocycles. The Bertz CT molecular complexity index is 675. The molecule has 1 aromatic heterocycles. The predicted octanol–water partition coefficient (Wildman–Crippen LogP) is 2.67. The monoisotopic (exact) mass is 294 g/mol. The highest BCUT2D eigenvalue weighted by Gasteiger charge is 2.20. The zero-order chi connectivity index (χ0) is 14.8. The molecule has 0 aliphatic heterocycles. The number of furan rings is 1. The van der Waals surface area contributed by atoms with Crippen LogP contribution in [0.15, 0.2) is 45.7 Å². The highest BCUT2D eigenvalue weighted by Crippen LogP contribution is 2.20. The SMILES string of the molecule is CNc1ccc(S(=O)(=O)NC(C)c2ccc(C)o2)cc1. The summed E-state index contributed by atoms with van der Waals surface area (Å²) in [6.45, 7) is 3.57. The van der Waals surface area contributed by atoms with Crippen molar-refractivity contribution in [2.75, 3.05) is 12.4 Å². The van der Waals surface area contributed by atoms with Gasteiger partial charge in [-0.1, -0.05) is 0 Å². The van der Waals surface area contributed by atoms with Crippen LogP contribution in [0.5, 0.6) is 0 Å². The molecule has 2 N–H and O–H groups in total. The van der Waals surface area contributed by atoms with Crippen molar-refractivity contribution in [2.45, 2.75) is 24.8 Å². The molecular weight excluding hydrogens is 276 g/mol. The van der Waals surface area contributed by atoms with Crippen molar-refractivity contribution in [1.82, 2.24) is 4.72 Å². The van der Waals surface area contributed by atoms with Crippen LogP contribution in [0, 0.1) is 6.92 Å². The van der Waals surface area contributed by atoms with Gasteiger partial charge in [0.05, 0.1) is 10.9 Å². The third-order valence-electron chi connectivity index (χ3n) is 2.97. The molecule has 0 bridgehead atoms. The van der Waals surface area contributed by atoms with E-state index in [0.717, 1.165) is 11.4 Å². The van der Waals surface area contributed by atoms with Gasteiger partial charge < -0.3 is 9.73 Å². The molecule has 20 heavy (non-hydrogen) atoms. The fourth-order valence-corrected chi connectivity index (χ4v) is 3.06. The van der Waals surface area contributed by atoms with E-state index >= 15 is 0 Å². The minimum Gasteiger partial charge on any atom is -0.465 e. The van der Waals surface area contributed by atoms with E-state index in [2.05, 4.69) is 10.0 Å². The second-order valence-corrected chi connectivity index (χ2v) is 6.28. The Morgan fingerprint density at radius 1 is 1.10 bits per heavy atom. The van der Waals surface area contributed by atoms with Crippen molar-refractivity contribution < 1.29 is 12.8 Å². The second-order valence-electron chi connectivity index (χ2n) is 4.57. The minimum atomic E-state index is -3.56. The average molecular weight is 294 g/mol. The average Bonchev–Trinajstić information content (AvgIpc) is 2.85. The lowest BCUT2D eigenvalue weighted by Crippen LogP contribution is -2.26. The van der Waals surface area contributed by atoms with Gasteiger partial charge in [0.15, 0.2) is 0 Å². The first-order valence-corrected chi connectivity index (χ1v) is 7.77. The van der Waals surface area contributed by atoms with Crippen molar-refractivity contribution in [2.24, 2.45) is 0 Å². The molecule has 6 heteroatoms. The van der Waals surface area contributed by atoms with Crippen molar-refractivity contribution in [3.63, 3.8) is 0 Å². The summed E-state index contributed by atoms with van der Waals surface area (Å²) in [5.41, 5.74) is 0.860. The lowest BCUT2D eigenvalue weighted by molar-refractivity contribution is 0.441. The Hall–Kier alpha value is -1.79. The molecule has 1 unspecified atom stereocenters. The van der Waals surface area contributed by atoms with Gasteiger partial charge in [0.25, 0.3) is 0 Å². The van der Waals surface area contributed by atoms with Gasteiger partial charge in [0, 0.05) is 12.7 Å². The topological polar surface area (TPSA) is 71.3 Å². The standard InChI is InChI=1S/C14H18N2O3S/c1-10-4-9-14(19-10)11(2)16-20(17,18)13-7-5-12(15-3)6-8-13/h4-9,11,15-16H,1-3H3. The van der Waals surface area contributed by atoms with Gasteiger partial charge in [-0.15, -0.1) is 0 Å². The molecule has 0 saturated heterocycles. The number of hydrogen-bond donors (Lipinski definition) is 2. The molecule has 0 aliphatic rings. The molecule has 0 amide bonds. The van der Waals surface area contributed by atoms with E-state index in [0.29, 0.717) is 5.76 Å². The van der Waals surface area contributed by atoms with Crippen LogP contribution in [0.2, 0.25) is 0 Å². The largest absolute Gasteiger partial charge is 0.465 e. The van der Waals surface area contributed by atoms with Crippen LogP contribution in [0.1, 0.15) is 24.5 Å². The van der Waals surface area contributed by atoms with E-state index in [1.807, 2.05) is 13.0 Å². The lowest BCUT2D eigenvalue weighted by Gasteiger charge is -2.12. The molecule has 0 fully saturated rings. The summed E-state index contributed by atoms with van der Waals surface area (Å²) in [7, 11) is -1.78. The molecule has 1 atom stereocenters. The number of sulfonamides is 1. The number of anilines is 1. The Kier molecular flexibility index (Phi) is 4.15. The number of benzene rings is 1. The highest BCUT2D eigenvalue weighted by atomic mass is 32.2. The van der Waals surface area contributed by atoms with Crippen molar-refractivity contribution >= 4 is 15.7 Å². The molecular formula is C14H18N2O3S. The maximum absolute atomic E-state index is 12.2. The van der Waals surface area contributed by atoms with E-state index in [9.17, 15) is 8.42 Å². The molecule has 2 aromatic rings. The summed E-state index contributed by atoms with van der Waals surface area (Å²) < 4.78 is 32.5. The van der Waals surface area contributed by atoms with E-state index in [-0.39, 0.29) is 4.90 Å². The summed E-state index contributed by atoms with van der Waals surface area (Å²) in [6.07, 6.45) is 0. The first-order chi connectivity index (χ1) is 9.42. The van der Waals surface area contributed by atoms with Crippen LogP contribution in [-0.4, -0.2) is 15.5 Å². The zero-order valence-corrected chi connectivity index (χ0v) is 12.5. The molecule has 1 aromatic carbocycles. The quantitative estimate of drug-likeness (QED) is 0.889. The minimum absolute atomic E-state index is 0.228. The van der Waals surface area contributed by atoms with Crippen LogP contribution in [0.4, 0.5) is 5.69 Å². The first kappa shape index (κ1) is 14.6. The van der Waals surface area contributed by atoms with Gasteiger partial charge in [0.2, 0.25) is 10.0 Å². The van der Waals surface area contributed by atoms with Crippen LogP contribution in [0.3, 0.4) is 0 Å². The van der Waals surface area contributed by atoms with E-state index in [4.69, 9.17) is 4.42 Å². The van der Waals surface area contributed by atoms with Crippen LogP contribution in [0.25, 0.3) is 0 Å². The number of nitrogens with one attached hydrogen (secondary N) is 2. The number of aryl methyl sites for hydroxylation is 1. The molecule has 0 saturated carbocycles. The van der Waals surface area contributed by atoms with E-state index < -0.39 is 16.1 Å². The van der Waals surface area contributed by atoms with Crippen LogP contribution < -0.4 is 10.0 Å². The van der Waals surface area contributed by atoms with E-state index in [1.54, 1.807) is 44.3 Å². The molecule has 1 heterocycles. The van der Waals surface area contributed by atoms with Crippen molar-refractivity contribution in [3.05, 3.63) is 47.9 Å². The summed E-state index contributed by atoms with van der Waals surface area (Å²) in [4.78, 5) is 0.228. The molecule has 0 spiro atoms. The normalized spacial score (nSPS) is 13.2. The van der Waals surface area contributed by atoms with Gasteiger partial charge in [-0.3, -0.25) is 0 Å². The number of rotatable bonds is 5. The zero-order valence-electron chi connectivity index (χ0n) is 11.7. The summed E-state index contributed by atoms with van der Waals surface area (Å²) >= 11 is 0. The third-order valence-corrected chi connectivity index (χ3v) is 4.53. The van der Waals surface area contributed by atoms with Crippen LogP contribution in [-0.2, 0) is 10.0 Å². The Labute approximate surface area is 119 Å². The Balaban J connectivity index is 2.17. The van der Waals surface area contributed by atoms with Gasteiger partial charge in [-0.2, -0.15) is 0 Å². The smallest absolute Gasteiger partial charge is 0.241 e. The van der Waals surface area contributed by atoms with Gasteiger partial charge >= 0.3 is 0 Å². The fraction of sp³-hybridized carbons (Fsp3) is 0.286. The second kappa shape index (κ2) is 5.68. The maximum Gasteiger partial charge on any atom is 0.241 e. The summed E-state index contributed by atoms with van der Waals surface area (Å²) in [5, 5.41) is 2.94. The van der Waals surface area contributed by atoms with Gasteiger partial charge in [0.1, 0.15) is 11.5 Å². The number of hydrogen-bond acceptors (Lipinski definition) is 4. The Morgan fingerprint density at radius 3 is 2.25 bits per heavy atom. The predicted molar refractivity (Wildman–Crippen MR) is 78.2 cm³/mol. The molecule has 0 radical (unpaired) electrons. The van der Waals surface area contributed by atoms with Crippen molar-refractivity contribution in [3.8, 4) is 0 Å². The first-order valence-electron chi connectivity index (χ1n) is 6.29. The maximum atomic E-state index is 12.2. The molecule has 2 rings (SSSR count). The molecule has 5 nitrogen and oxygen atoms in total. The summed E-state index contributed by atoms with van der Waals surface area (Å²) in [6, 6.07) is 9.72. The van der Waals surface area contributed by atoms with E-state index in [1.165, 1.54) is 0 Å². The fourth-order valence-electron chi connectivity index (χ4n) is 1.85. The van der Waals surface area contributed by atoms with Gasteiger partial charge in [-0.05, 0) is 50.2 Å². The summed E-state index contributed by atoms with van der Waals surface area (Å²) in [5.74, 6) is 1.35. The third kappa shape index (κ3) is 3.20. The highest BCUT2D eigenvalue weighted by molar-refractivity contribution is 7.89. The van der Waals surface area contributed by atoms with Crippen molar-refractivity contribution in [1.29, 1.82) is 0 Å². The molecule has 108 valence electrons. The van der Waals surface area contributed by atoms with Gasteiger partial charge in [-0.25, -0.2) is 13.1 Å². The van der Waals surface area contributed by atoms with Crippen LogP contribution >= 0.6 is 0 Å². The lowest BCUT2D eigenvalue weighted by atomic mass is 10.3.